The summed E-state index contributed by atoms with van der Waals surface area (Å²) in [5.74, 6) is 2.27. The van der Waals surface area contributed by atoms with Crippen LogP contribution in [0.4, 0.5) is 13.2 Å². The first-order valence-electron chi connectivity index (χ1n) is 18.3. The quantitative estimate of drug-likeness (QED) is 0.159. The Bertz CT molecular complexity index is 2930. The number of alkyl halides is 3. The third kappa shape index (κ3) is 6.32. The number of nitrogens with zero attached hydrogens (tertiary/aromatic N) is 9. The van der Waals surface area contributed by atoms with Crippen LogP contribution in [-0.2, 0) is 6.18 Å². The molecule has 5 heterocycles. The van der Waals surface area contributed by atoms with Gasteiger partial charge in [0.2, 0.25) is 0 Å². The molecule has 0 spiro atoms. The summed E-state index contributed by atoms with van der Waals surface area (Å²) in [4.78, 5) is 33.4. The zero-order valence-corrected chi connectivity index (χ0v) is 30.3. The van der Waals surface area contributed by atoms with Crippen molar-refractivity contribution < 1.29 is 13.2 Å². The van der Waals surface area contributed by atoms with Crippen LogP contribution in [0.2, 0.25) is 0 Å². The smallest absolute Gasteiger partial charge is 0.291 e. The van der Waals surface area contributed by atoms with Crippen molar-refractivity contribution in [2.45, 2.75) is 6.18 Å². The highest BCUT2D eigenvalue weighted by molar-refractivity contribution is 5.85. The van der Waals surface area contributed by atoms with Gasteiger partial charge in [-0.05, 0) is 72.8 Å². The maximum Gasteiger partial charge on any atom is 0.416 e. The van der Waals surface area contributed by atoms with E-state index >= 15 is 0 Å². The van der Waals surface area contributed by atoms with Crippen molar-refractivity contribution in [3.63, 3.8) is 0 Å². The summed E-state index contributed by atoms with van der Waals surface area (Å²) in [6.07, 6.45) is 2.53. The maximum absolute atomic E-state index is 13.6. The number of pyridine rings is 2. The van der Waals surface area contributed by atoms with E-state index in [-0.39, 0.29) is 5.82 Å². The molecule has 10 aromatic rings. The lowest BCUT2D eigenvalue weighted by atomic mass is 10.1. The molecule has 0 saturated heterocycles. The van der Waals surface area contributed by atoms with E-state index in [4.69, 9.17) is 24.9 Å². The summed E-state index contributed by atoms with van der Waals surface area (Å²) in [5.41, 5.74) is 7.72. The van der Waals surface area contributed by atoms with Crippen molar-refractivity contribution in [2.24, 2.45) is 0 Å². The van der Waals surface area contributed by atoms with Gasteiger partial charge in [0.15, 0.2) is 17.5 Å². The standard InChI is InChI=1S/C46H28F3N9/c47-46(48,49)34-21-19-29(20-22-34)41-54-42(30-9-5-11-32(25-30)44-52-37-15-1-3-17-39(37)57(44)35-13-7-23-50-27-35)56-43(55-41)31-10-6-12-33(26-31)45-53-38-16-2-4-18-40(38)58(45)36-14-8-24-51-28-36/h1-28H. The largest absolute Gasteiger partial charge is 0.416 e. The number of rotatable bonds is 7. The zero-order valence-electron chi connectivity index (χ0n) is 30.3. The lowest BCUT2D eigenvalue weighted by Gasteiger charge is -2.12. The molecule has 0 amide bonds. The second-order valence-electron chi connectivity index (χ2n) is 13.5. The van der Waals surface area contributed by atoms with E-state index in [9.17, 15) is 13.2 Å². The summed E-state index contributed by atoms with van der Waals surface area (Å²) in [6.45, 7) is 0. The molecule has 12 heteroatoms. The molecule has 58 heavy (non-hydrogen) atoms. The molecular weight excluding hydrogens is 736 g/mol. The summed E-state index contributed by atoms with van der Waals surface area (Å²) in [5, 5.41) is 0. The molecule has 0 aliphatic rings. The SMILES string of the molecule is FC(F)(F)c1ccc(-c2nc(-c3cccc(-c4nc5ccccc5n4-c4cccnc4)c3)nc(-c3cccc(-c4nc5ccccc5n4-c4cccnc4)c3)n2)cc1. The van der Waals surface area contributed by atoms with Crippen molar-refractivity contribution in [1.82, 2.24) is 44.0 Å². The van der Waals surface area contributed by atoms with Crippen molar-refractivity contribution >= 4 is 22.1 Å². The molecule has 0 saturated carbocycles. The van der Waals surface area contributed by atoms with Crippen molar-refractivity contribution in [2.75, 3.05) is 0 Å². The minimum absolute atomic E-state index is 0.217. The van der Waals surface area contributed by atoms with Crippen LogP contribution in [0.25, 0.3) is 90.4 Å². The molecule has 278 valence electrons. The number of halogens is 3. The Morgan fingerprint density at radius 1 is 0.397 bits per heavy atom. The first-order valence-corrected chi connectivity index (χ1v) is 18.3. The van der Waals surface area contributed by atoms with Gasteiger partial charge in [-0.25, -0.2) is 24.9 Å². The Morgan fingerprint density at radius 2 is 0.845 bits per heavy atom. The molecule has 5 aromatic carbocycles. The molecule has 0 atom stereocenters. The Morgan fingerprint density at radius 3 is 1.29 bits per heavy atom. The van der Waals surface area contributed by atoms with E-state index in [2.05, 4.69) is 19.1 Å². The van der Waals surface area contributed by atoms with E-state index in [0.29, 0.717) is 40.0 Å². The van der Waals surface area contributed by atoms with Gasteiger partial charge in [-0.15, -0.1) is 0 Å². The van der Waals surface area contributed by atoms with E-state index in [0.717, 1.165) is 56.7 Å². The monoisotopic (exact) mass is 763 g/mol. The number of hydrogen-bond donors (Lipinski definition) is 0. The molecular formula is C46H28F3N9. The fraction of sp³-hybridized carbons (Fsp3) is 0.0217. The van der Waals surface area contributed by atoms with Gasteiger partial charge in [0.1, 0.15) is 11.6 Å². The summed E-state index contributed by atoms with van der Waals surface area (Å²) < 4.78 is 44.9. The second kappa shape index (κ2) is 14.0. The van der Waals surface area contributed by atoms with Crippen LogP contribution < -0.4 is 0 Å². The van der Waals surface area contributed by atoms with Crippen LogP contribution in [0, 0.1) is 0 Å². The number of imidazole rings is 2. The van der Waals surface area contributed by atoms with E-state index < -0.39 is 11.7 Å². The van der Waals surface area contributed by atoms with Crippen LogP contribution >= 0.6 is 0 Å². The molecule has 0 aliphatic heterocycles. The first kappa shape index (κ1) is 34.6. The van der Waals surface area contributed by atoms with Gasteiger partial charge in [0.25, 0.3) is 0 Å². The average molecular weight is 764 g/mol. The van der Waals surface area contributed by atoms with Crippen molar-refractivity contribution in [3.05, 3.63) is 176 Å². The lowest BCUT2D eigenvalue weighted by molar-refractivity contribution is -0.137. The Kier molecular flexibility index (Phi) is 8.37. The Labute approximate surface area is 328 Å². The average Bonchev–Trinajstić information content (AvgIpc) is 3.87. The third-order valence-corrected chi connectivity index (χ3v) is 9.79. The Hall–Kier alpha value is -7.86. The molecule has 5 aromatic heterocycles. The number of benzene rings is 5. The van der Waals surface area contributed by atoms with Gasteiger partial charge in [-0.1, -0.05) is 72.8 Å². The first-order chi connectivity index (χ1) is 28.4. The van der Waals surface area contributed by atoms with Gasteiger partial charge >= 0.3 is 6.18 Å². The molecule has 0 radical (unpaired) electrons. The van der Waals surface area contributed by atoms with E-state index in [1.165, 1.54) is 12.1 Å². The van der Waals surface area contributed by atoms with Gasteiger partial charge in [0.05, 0.1) is 51.4 Å². The second-order valence-corrected chi connectivity index (χ2v) is 13.5. The zero-order chi connectivity index (χ0) is 39.2. The third-order valence-electron chi connectivity index (χ3n) is 9.79. The van der Waals surface area contributed by atoms with Crippen LogP contribution in [0.3, 0.4) is 0 Å². The highest BCUT2D eigenvalue weighted by atomic mass is 19.4. The molecule has 0 fully saturated rings. The lowest BCUT2D eigenvalue weighted by Crippen LogP contribution is -2.05. The number of hydrogen-bond acceptors (Lipinski definition) is 7. The molecule has 0 N–H and O–H groups in total. The highest BCUT2D eigenvalue weighted by Crippen LogP contribution is 2.35. The summed E-state index contributed by atoms with van der Waals surface area (Å²) in [7, 11) is 0. The van der Waals surface area contributed by atoms with E-state index in [1.54, 1.807) is 24.8 Å². The van der Waals surface area contributed by atoms with Crippen LogP contribution in [0.5, 0.6) is 0 Å². The number of para-hydroxylation sites is 4. The molecule has 10 rings (SSSR count). The Balaban J connectivity index is 1.13. The fourth-order valence-electron chi connectivity index (χ4n) is 7.10. The van der Waals surface area contributed by atoms with E-state index in [1.807, 2.05) is 121 Å². The molecule has 0 unspecified atom stereocenters. The van der Waals surface area contributed by atoms with Crippen LogP contribution in [0.1, 0.15) is 5.56 Å². The van der Waals surface area contributed by atoms with Crippen LogP contribution in [0.15, 0.2) is 170 Å². The predicted molar refractivity (Wildman–Crippen MR) is 217 cm³/mol. The topological polar surface area (TPSA) is 100 Å². The van der Waals surface area contributed by atoms with Gasteiger partial charge in [-0.3, -0.25) is 19.1 Å². The summed E-state index contributed by atoms with van der Waals surface area (Å²) in [6, 6.07) is 43.7. The number of fused-ring (bicyclic) bond motifs is 2. The minimum Gasteiger partial charge on any atom is -0.291 e. The minimum atomic E-state index is -4.49. The van der Waals surface area contributed by atoms with Gasteiger partial charge in [0, 0.05) is 40.2 Å². The molecule has 0 aliphatic carbocycles. The van der Waals surface area contributed by atoms with Crippen molar-refractivity contribution in [3.8, 4) is 68.3 Å². The fourth-order valence-corrected chi connectivity index (χ4v) is 7.10. The molecule has 0 bridgehead atoms. The normalized spacial score (nSPS) is 11.7. The molecule has 9 nitrogen and oxygen atoms in total. The number of aromatic nitrogens is 9. The predicted octanol–water partition coefficient (Wildman–Crippen LogP) is 10.7. The maximum atomic E-state index is 13.6. The highest BCUT2D eigenvalue weighted by Gasteiger charge is 2.30. The van der Waals surface area contributed by atoms with Gasteiger partial charge < -0.3 is 0 Å². The van der Waals surface area contributed by atoms with Crippen molar-refractivity contribution in [1.29, 1.82) is 0 Å². The van der Waals surface area contributed by atoms with Crippen LogP contribution in [-0.4, -0.2) is 44.0 Å². The summed E-state index contributed by atoms with van der Waals surface area (Å²) >= 11 is 0. The van der Waals surface area contributed by atoms with Gasteiger partial charge in [-0.2, -0.15) is 13.2 Å².